The summed E-state index contributed by atoms with van der Waals surface area (Å²) in [5.74, 6) is -0.927. The summed E-state index contributed by atoms with van der Waals surface area (Å²) in [5, 5.41) is 3.31. The Morgan fingerprint density at radius 3 is 2.32 bits per heavy atom. The van der Waals surface area contributed by atoms with Gasteiger partial charge in [0.2, 0.25) is 0 Å². The van der Waals surface area contributed by atoms with Crippen molar-refractivity contribution in [2.45, 2.75) is 6.04 Å². The van der Waals surface area contributed by atoms with Crippen molar-refractivity contribution >= 4 is 23.2 Å². The SMILES string of the molecule is CNC(c1ccc(F)c(Cl)c1)c1ccc(Cl)cc1F. The van der Waals surface area contributed by atoms with Crippen LogP contribution in [-0.2, 0) is 0 Å². The van der Waals surface area contributed by atoms with E-state index in [9.17, 15) is 8.78 Å². The van der Waals surface area contributed by atoms with Crippen LogP contribution in [0.1, 0.15) is 17.2 Å². The van der Waals surface area contributed by atoms with E-state index in [4.69, 9.17) is 23.2 Å². The van der Waals surface area contributed by atoms with Gasteiger partial charge in [0.15, 0.2) is 0 Å². The van der Waals surface area contributed by atoms with Gasteiger partial charge in [0, 0.05) is 10.6 Å². The molecule has 1 nitrogen and oxygen atoms in total. The van der Waals surface area contributed by atoms with Crippen LogP contribution in [0.15, 0.2) is 36.4 Å². The molecule has 2 aromatic rings. The van der Waals surface area contributed by atoms with E-state index in [2.05, 4.69) is 5.32 Å². The van der Waals surface area contributed by atoms with E-state index < -0.39 is 17.7 Å². The maximum atomic E-state index is 13.9. The van der Waals surface area contributed by atoms with E-state index in [-0.39, 0.29) is 5.02 Å². The van der Waals surface area contributed by atoms with Gasteiger partial charge < -0.3 is 5.32 Å². The molecule has 100 valence electrons. The van der Waals surface area contributed by atoms with Crippen LogP contribution in [0.25, 0.3) is 0 Å². The minimum Gasteiger partial charge on any atom is -0.309 e. The van der Waals surface area contributed by atoms with Crippen LogP contribution < -0.4 is 5.32 Å². The third kappa shape index (κ3) is 3.06. The van der Waals surface area contributed by atoms with Crippen molar-refractivity contribution in [1.29, 1.82) is 0 Å². The Balaban J connectivity index is 2.46. The van der Waals surface area contributed by atoms with E-state index in [1.165, 1.54) is 18.2 Å². The summed E-state index contributed by atoms with van der Waals surface area (Å²) in [5.41, 5.74) is 1.10. The van der Waals surface area contributed by atoms with Crippen molar-refractivity contribution in [2.24, 2.45) is 0 Å². The molecule has 1 atom stereocenters. The van der Waals surface area contributed by atoms with Gasteiger partial charge in [0.1, 0.15) is 11.6 Å². The lowest BCUT2D eigenvalue weighted by Gasteiger charge is -2.18. The van der Waals surface area contributed by atoms with Crippen molar-refractivity contribution < 1.29 is 8.78 Å². The van der Waals surface area contributed by atoms with Gasteiger partial charge in [-0.05, 0) is 36.9 Å². The van der Waals surface area contributed by atoms with E-state index >= 15 is 0 Å². The van der Waals surface area contributed by atoms with Gasteiger partial charge >= 0.3 is 0 Å². The third-order valence-corrected chi connectivity index (χ3v) is 3.36. The molecule has 0 aliphatic rings. The van der Waals surface area contributed by atoms with Crippen LogP contribution in [0, 0.1) is 11.6 Å². The van der Waals surface area contributed by atoms with Gasteiger partial charge in [0.05, 0.1) is 11.1 Å². The Morgan fingerprint density at radius 2 is 1.74 bits per heavy atom. The Hall–Kier alpha value is -1.16. The number of benzene rings is 2. The van der Waals surface area contributed by atoms with Gasteiger partial charge in [-0.25, -0.2) is 8.78 Å². The number of rotatable bonds is 3. The lowest BCUT2D eigenvalue weighted by molar-refractivity contribution is 0.575. The average Bonchev–Trinajstić information content (AvgIpc) is 2.37. The van der Waals surface area contributed by atoms with E-state index in [1.807, 2.05) is 0 Å². The number of halogens is 4. The maximum absolute atomic E-state index is 13.9. The molecule has 1 N–H and O–H groups in total. The van der Waals surface area contributed by atoms with Gasteiger partial charge in [-0.2, -0.15) is 0 Å². The molecule has 5 heteroatoms. The highest BCUT2D eigenvalue weighted by Crippen LogP contribution is 2.28. The maximum Gasteiger partial charge on any atom is 0.141 e. The molecule has 0 saturated heterocycles. The molecule has 2 aromatic carbocycles. The monoisotopic (exact) mass is 301 g/mol. The molecule has 0 bridgehead atoms. The van der Waals surface area contributed by atoms with Gasteiger partial charge in [-0.3, -0.25) is 0 Å². The Labute approximate surface area is 120 Å². The van der Waals surface area contributed by atoms with Crippen LogP contribution in [-0.4, -0.2) is 7.05 Å². The Bertz CT molecular complexity index is 602. The largest absolute Gasteiger partial charge is 0.309 e. The van der Waals surface area contributed by atoms with Crippen LogP contribution in [0.2, 0.25) is 10.0 Å². The van der Waals surface area contributed by atoms with Crippen molar-refractivity contribution in [2.75, 3.05) is 7.05 Å². The Morgan fingerprint density at radius 1 is 1.00 bits per heavy atom. The average molecular weight is 302 g/mol. The quantitative estimate of drug-likeness (QED) is 0.875. The molecular weight excluding hydrogens is 291 g/mol. The summed E-state index contributed by atoms with van der Waals surface area (Å²) >= 11 is 11.5. The van der Waals surface area contributed by atoms with Crippen LogP contribution in [0.5, 0.6) is 0 Å². The molecule has 0 aromatic heterocycles. The highest BCUT2D eigenvalue weighted by Gasteiger charge is 2.17. The van der Waals surface area contributed by atoms with E-state index in [0.717, 1.165) is 0 Å². The number of nitrogens with one attached hydrogen (secondary N) is 1. The zero-order valence-electron chi connectivity index (χ0n) is 10.1. The fraction of sp³-hybridized carbons (Fsp3) is 0.143. The standard InChI is InChI=1S/C14H11Cl2F2N/c1-19-14(8-2-5-12(17)11(16)6-8)10-4-3-9(15)7-13(10)18/h2-7,14,19H,1H3. The number of hydrogen-bond donors (Lipinski definition) is 1. The minimum absolute atomic E-state index is 0.00659. The fourth-order valence-electron chi connectivity index (χ4n) is 1.93. The lowest BCUT2D eigenvalue weighted by atomic mass is 9.98. The first-order chi connectivity index (χ1) is 9.02. The first-order valence-electron chi connectivity index (χ1n) is 5.60. The molecule has 19 heavy (non-hydrogen) atoms. The van der Waals surface area contributed by atoms with Gasteiger partial charge in [-0.15, -0.1) is 0 Å². The highest BCUT2D eigenvalue weighted by molar-refractivity contribution is 6.31. The molecular formula is C14H11Cl2F2N. The smallest absolute Gasteiger partial charge is 0.141 e. The van der Waals surface area contributed by atoms with E-state index in [1.54, 1.807) is 25.2 Å². The molecule has 0 radical (unpaired) electrons. The first kappa shape index (κ1) is 14.3. The summed E-state index contributed by atoms with van der Waals surface area (Å²) < 4.78 is 27.1. The summed E-state index contributed by atoms with van der Waals surface area (Å²) in [4.78, 5) is 0. The van der Waals surface area contributed by atoms with Gasteiger partial charge in [-0.1, -0.05) is 35.3 Å². The van der Waals surface area contributed by atoms with Crippen LogP contribution in [0.4, 0.5) is 8.78 Å². The Kier molecular flexibility index (Phi) is 4.40. The molecule has 1 unspecified atom stereocenters. The third-order valence-electron chi connectivity index (χ3n) is 2.84. The molecule has 0 aliphatic heterocycles. The molecule has 0 fully saturated rings. The second-order valence-corrected chi connectivity index (χ2v) is 4.90. The predicted molar refractivity (Wildman–Crippen MR) is 73.7 cm³/mol. The zero-order valence-corrected chi connectivity index (χ0v) is 11.6. The first-order valence-corrected chi connectivity index (χ1v) is 6.35. The lowest BCUT2D eigenvalue weighted by Crippen LogP contribution is -2.19. The molecule has 2 rings (SSSR count). The second kappa shape index (κ2) is 5.87. The molecule has 0 amide bonds. The van der Waals surface area contributed by atoms with Crippen LogP contribution in [0.3, 0.4) is 0 Å². The van der Waals surface area contributed by atoms with Crippen molar-refractivity contribution in [3.8, 4) is 0 Å². The zero-order chi connectivity index (χ0) is 14.0. The normalized spacial score (nSPS) is 12.5. The summed E-state index contributed by atoms with van der Waals surface area (Å²) in [6.45, 7) is 0. The van der Waals surface area contributed by atoms with Crippen molar-refractivity contribution in [3.05, 3.63) is 69.2 Å². The molecule has 0 aliphatic carbocycles. The predicted octanol–water partition coefficient (Wildman–Crippen LogP) is 4.58. The molecule has 0 saturated carbocycles. The summed E-state index contributed by atoms with van der Waals surface area (Å²) in [6.07, 6.45) is 0. The summed E-state index contributed by atoms with van der Waals surface area (Å²) in [6, 6.07) is 8.33. The minimum atomic E-state index is -0.503. The van der Waals surface area contributed by atoms with Crippen molar-refractivity contribution in [1.82, 2.24) is 5.32 Å². The second-order valence-electron chi connectivity index (χ2n) is 4.06. The molecule has 0 spiro atoms. The fourth-order valence-corrected chi connectivity index (χ4v) is 2.28. The van der Waals surface area contributed by atoms with Crippen LogP contribution >= 0.6 is 23.2 Å². The summed E-state index contributed by atoms with van der Waals surface area (Å²) in [7, 11) is 1.69. The molecule has 0 heterocycles. The van der Waals surface area contributed by atoms with E-state index in [0.29, 0.717) is 16.1 Å². The highest BCUT2D eigenvalue weighted by atomic mass is 35.5. The topological polar surface area (TPSA) is 12.0 Å². The van der Waals surface area contributed by atoms with Gasteiger partial charge in [0.25, 0.3) is 0 Å². The van der Waals surface area contributed by atoms with Crippen molar-refractivity contribution in [3.63, 3.8) is 0 Å². The number of hydrogen-bond acceptors (Lipinski definition) is 1.